The molecule has 6 heteroatoms. The molecule has 0 saturated carbocycles. The Bertz CT molecular complexity index is 1240. The fraction of sp³-hybridized carbons (Fsp3) is 0.214. The van der Waals surface area contributed by atoms with Crippen LogP contribution < -0.4 is 0 Å². The highest BCUT2D eigenvalue weighted by atomic mass is 16.4. The first-order valence-electron chi connectivity index (χ1n) is 11.4. The number of aliphatic carboxylic acids is 2. The van der Waals surface area contributed by atoms with Crippen molar-refractivity contribution in [2.45, 2.75) is 19.4 Å². The van der Waals surface area contributed by atoms with Crippen LogP contribution in [-0.2, 0) is 22.6 Å². The minimum atomic E-state index is -1.82. The van der Waals surface area contributed by atoms with Gasteiger partial charge in [-0.15, -0.1) is 0 Å². The first kappa shape index (κ1) is 23.3. The van der Waals surface area contributed by atoms with Crippen LogP contribution in [0.3, 0.4) is 0 Å². The number of nitrogens with zero attached hydrogens (tertiary/aromatic N) is 1. The first-order valence-corrected chi connectivity index (χ1v) is 11.4. The molecule has 0 spiro atoms. The topological polar surface area (TPSA) is 93.6 Å². The van der Waals surface area contributed by atoms with Gasteiger partial charge in [-0.2, -0.15) is 0 Å². The highest BCUT2D eigenvalue weighted by Gasteiger charge is 2.25. The fourth-order valence-electron chi connectivity index (χ4n) is 4.62. The second-order valence-corrected chi connectivity index (χ2v) is 8.58. The molecule has 3 N–H and O–H groups in total. The summed E-state index contributed by atoms with van der Waals surface area (Å²) in [6, 6.07) is 30.4. The molecular formula is C28H28N2O4. The average molecular weight is 457 g/mol. The molecule has 1 unspecified atom stereocenters. The Kier molecular flexibility index (Phi) is 7.40. The summed E-state index contributed by atoms with van der Waals surface area (Å²) in [5.74, 6) is -2.93. The lowest BCUT2D eigenvalue weighted by atomic mass is 9.94. The molecular weight excluding hydrogens is 428 g/mol. The van der Waals surface area contributed by atoms with Crippen molar-refractivity contribution in [1.29, 1.82) is 0 Å². The molecule has 174 valence electrons. The summed E-state index contributed by atoms with van der Waals surface area (Å²) in [6.07, 6.45) is 2.42. The average Bonchev–Trinajstić information content (AvgIpc) is 3.45. The number of carbonyl (C=O) groups is 2. The van der Waals surface area contributed by atoms with E-state index in [0.29, 0.717) is 5.92 Å². The third kappa shape index (κ3) is 5.71. The minimum absolute atomic E-state index is 0.713. The summed E-state index contributed by atoms with van der Waals surface area (Å²) in [5, 5.41) is 16.2. The van der Waals surface area contributed by atoms with Crippen molar-refractivity contribution in [3.05, 3.63) is 96.1 Å². The number of likely N-dealkylation sites (tertiary alicyclic amines) is 1. The standard InChI is InChI=1S/C26H26N2.C2H2O4/c1-3-9-20(10-4-1)18-28-16-15-21(19-28)17-24-23-13-7-8-14-25(23)27-26(24)22-11-5-2-6-12-22;3-1(4)2(5)6/h1-14,21,27H,15-19H2;(H,3,4)(H,5,6). The van der Waals surface area contributed by atoms with Crippen LogP contribution in [0, 0.1) is 5.92 Å². The smallest absolute Gasteiger partial charge is 0.414 e. The lowest BCUT2D eigenvalue weighted by Gasteiger charge is -2.16. The van der Waals surface area contributed by atoms with Crippen LogP contribution >= 0.6 is 0 Å². The number of fused-ring (bicyclic) bond motifs is 1. The summed E-state index contributed by atoms with van der Waals surface area (Å²) in [4.78, 5) is 24.5. The molecule has 0 amide bonds. The maximum absolute atomic E-state index is 9.10. The molecule has 2 heterocycles. The van der Waals surface area contributed by atoms with E-state index >= 15 is 0 Å². The van der Waals surface area contributed by atoms with Crippen LogP contribution in [0.4, 0.5) is 0 Å². The molecule has 1 fully saturated rings. The van der Waals surface area contributed by atoms with Gasteiger partial charge in [0.2, 0.25) is 0 Å². The predicted molar refractivity (Wildman–Crippen MR) is 133 cm³/mol. The van der Waals surface area contributed by atoms with E-state index in [4.69, 9.17) is 19.8 Å². The molecule has 0 bridgehead atoms. The number of hydrogen-bond acceptors (Lipinski definition) is 3. The second kappa shape index (κ2) is 10.8. The van der Waals surface area contributed by atoms with Gasteiger partial charge in [-0.05, 0) is 48.1 Å². The van der Waals surface area contributed by atoms with Crippen molar-refractivity contribution in [3.8, 4) is 11.3 Å². The van der Waals surface area contributed by atoms with Crippen LogP contribution in [0.25, 0.3) is 22.2 Å². The summed E-state index contributed by atoms with van der Waals surface area (Å²) in [5.41, 5.74) is 6.72. The lowest BCUT2D eigenvalue weighted by Crippen LogP contribution is -2.20. The molecule has 5 rings (SSSR count). The number of para-hydroxylation sites is 1. The van der Waals surface area contributed by atoms with Crippen molar-refractivity contribution >= 4 is 22.8 Å². The van der Waals surface area contributed by atoms with E-state index in [2.05, 4.69) is 94.8 Å². The minimum Gasteiger partial charge on any atom is -0.473 e. The molecule has 0 radical (unpaired) electrons. The van der Waals surface area contributed by atoms with Gasteiger partial charge in [-0.1, -0.05) is 78.9 Å². The number of rotatable bonds is 5. The second-order valence-electron chi connectivity index (χ2n) is 8.58. The Morgan fingerprint density at radius 3 is 2.15 bits per heavy atom. The Morgan fingerprint density at radius 2 is 1.47 bits per heavy atom. The Morgan fingerprint density at radius 1 is 0.853 bits per heavy atom. The van der Waals surface area contributed by atoms with Crippen molar-refractivity contribution in [1.82, 2.24) is 9.88 Å². The van der Waals surface area contributed by atoms with E-state index in [1.54, 1.807) is 0 Å². The van der Waals surface area contributed by atoms with Gasteiger partial charge in [0.15, 0.2) is 0 Å². The van der Waals surface area contributed by atoms with E-state index in [-0.39, 0.29) is 0 Å². The van der Waals surface area contributed by atoms with Gasteiger partial charge < -0.3 is 15.2 Å². The molecule has 1 aromatic heterocycles. The van der Waals surface area contributed by atoms with E-state index in [0.717, 1.165) is 13.0 Å². The zero-order valence-corrected chi connectivity index (χ0v) is 18.9. The molecule has 4 aromatic rings. The van der Waals surface area contributed by atoms with Crippen molar-refractivity contribution < 1.29 is 19.8 Å². The van der Waals surface area contributed by atoms with Gasteiger partial charge in [-0.25, -0.2) is 9.59 Å². The highest BCUT2D eigenvalue weighted by molar-refractivity contribution is 6.27. The lowest BCUT2D eigenvalue weighted by molar-refractivity contribution is -0.159. The number of aromatic nitrogens is 1. The van der Waals surface area contributed by atoms with Gasteiger partial charge >= 0.3 is 11.9 Å². The van der Waals surface area contributed by atoms with Crippen LogP contribution in [0.15, 0.2) is 84.9 Å². The molecule has 1 aliphatic heterocycles. The Labute approximate surface area is 198 Å². The van der Waals surface area contributed by atoms with Gasteiger partial charge in [-0.3, -0.25) is 4.90 Å². The quantitative estimate of drug-likeness (QED) is 0.365. The highest BCUT2D eigenvalue weighted by Crippen LogP contribution is 2.34. The fourth-order valence-corrected chi connectivity index (χ4v) is 4.62. The number of benzene rings is 3. The Hall–Kier alpha value is -3.90. The van der Waals surface area contributed by atoms with E-state index < -0.39 is 11.9 Å². The zero-order chi connectivity index (χ0) is 23.9. The molecule has 0 aliphatic carbocycles. The summed E-state index contributed by atoms with van der Waals surface area (Å²) < 4.78 is 0. The number of carboxylic acid groups (broad SMARTS) is 2. The van der Waals surface area contributed by atoms with Crippen LogP contribution in [-0.4, -0.2) is 45.1 Å². The first-order chi connectivity index (χ1) is 16.5. The molecule has 1 saturated heterocycles. The zero-order valence-electron chi connectivity index (χ0n) is 18.9. The van der Waals surface area contributed by atoms with Gasteiger partial charge in [0, 0.05) is 29.7 Å². The SMILES string of the molecule is O=C(O)C(=O)O.c1ccc(CN2CCC(Cc3c(-c4ccccc4)[nH]c4ccccc34)C2)cc1. The van der Waals surface area contributed by atoms with Gasteiger partial charge in [0.05, 0.1) is 0 Å². The third-order valence-electron chi connectivity index (χ3n) is 6.17. The molecule has 1 atom stereocenters. The summed E-state index contributed by atoms with van der Waals surface area (Å²) in [6.45, 7) is 3.45. The number of hydrogen-bond donors (Lipinski definition) is 3. The maximum atomic E-state index is 9.10. The van der Waals surface area contributed by atoms with E-state index in [9.17, 15) is 0 Å². The number of carboxylic acids is 2. The van der Waals surface area contributed by atoms with Crippen molar-refractivity contribution in [3.63, 3.8) is 0 Å². The molecule has 1 aliphatic rings. The van der Waals surface area contributed by atoms with Crippen molar-refractivity contribution in [2.24, 2.45) is 5.92 Å². The van der Waals surface area contributed by atoms with Gasteiger partial charge in [0.25, 0.3) is 0 Å². The maximum Gasteiger partial charge on any atom is 0.414 e. The summed E-state index contributed by atoms with van der Waals surface area (Å²) >= 11 is 0. The van der Waals surface area contributed by atoms with E-state index in [1.165, 1.54) is 52.8 Å². The Balaban J connectivity index is 0.000000408. The van der Waals surface area contributed by atoms with E-state index in [1.807, 2.05) is 0 Å². The molecule has 3 aromatic carbocycles. The van der Waals surface area contributed by atoms with Crippen LogP contribution in [0.5, 0.6) is 0 Å². The third-order valence-corrected chi connectivity index (χ3v) is 6.17. The molecule has 34 heavy (non-hydrogen) atoms. The predicted octanol–water partition coefficient (Wildman–Crippen LogP) is 5.06. The number of H-pyrrole nitrogens is 1. The molecule has 6 nitrogen and oxygen atoms in total. The summed E-state index contributed by atoms with van der Waals surface area (Å²) in [7, 11) is 0. The van der Waals surface area contributed by atoms with Crippen LogP contribution in [0.2, 0.25) is 0 Å². The monoisotopic (exact) mass is 456 g/mol. The largest absolute Gasteiger partial charge is 0.473 e. The number of aromatic amines is 1. The normalized spacial score (nSPS) is 15.6. The number of nitrogens with one attached hydrogen (secondary N) is 1. The van der Waals surface area contributed by atoms with Gasteiger partial charge in [0.1, 0.15) is 0 Å². The van der Waals surface area contributed by atoms with Crippen molar-refractivity contribution in [2.75, 3.05) is 13.1 Å². The van der Waals surface area contributed by atoms with Crippen LogP contribution in [0.1, 0.15) is 17.5 Å².